The third-order valence-electron chi connectivity index (χ3n) is 2.87. The summed E-state index contributed by atoms with van der Waals surface area (Å²) < 4.78 is 16.1. The van der Waals surface area contributed by atoms with E-state index in [1.54, 1.807) is 23.9 Å². The fourth-order valence-electron chi connectivity index (χ4n) is 1.87. The molecule has 0 aliphatic rings. The largest absolute Gasteiger partial charge is 0.394 e. The highest BCUT2D eigenvalue weighted by molar-refractivity contribution is 9.10. The number of para-hydroxylation sites is 1. The number of aryl methyl sites for hydroxylation is 1. The lowest BCUT2D eigenvalue weighted by molar-refractivity contribution is 0.630. The number of hydrogen-bond donors (Lipinski definition) is 2. The van der Waals surface area contributed by atoms with Crippen molar-refractivity contribution in [1.82, 2.24) is 9.78 Å². The Hall–Kier alpha value is -1.56. The molecule has 0 spiro atoms. The van der Waals surface area contributed by atoms with Crippen molar-refractivity contribution in [3.05, 3.63) is 34.2 Å². The van der Waals surface area contributed by atoms with Crippen LogP contribution >= 0.6 is 15.9 Å². The van der Waals surface area contributed by atoms with Gasteiger partial charge in [0.1, 0.15) is 5.82 Å². The smallest absolute Gasteiger partial charge is 0.152 e. The normalized spacial score (nSPS) is 11.1. The zero-order valence-electron chi connectivity index (χ0n) is 11.0. The molecule has 2 aromatic rings. The maximum absolute atomic E-state index is 13.8. The molecule has 4 nitrogen and oxygen atoms in total. The molecule has 0 saturated heterocycles. The summed E-state index contributed by atoms with van der Waals surface area (Å²) >= 11 is 3.32. The molecule has 1 heterocycles. The lowest BCUT2D eigenvalue weighted by Crippen LogP contribution is -2.03. The van der Waals surface area contributed by atoms with Crippen molar-refractivity contribution < 1.29 is 4.39 Å². The molecule has 0 amide bonds. The van der Waals surface area contributed by atoms with Gasteiger partial charge in [0.25, 0.3) is 0 Å². The Balaban J connectivity index is 2.44. The number of anilines is 3. The molecule has 0 fully saturated rings. The Morgan fingerprint density at radius 1 is 1.42 bits per heavy atom. The number of benzene rings is 1. The standard InChI is InChI=1S/C13H16BrFN4/c1-7(2)11-10(16)13(19(3)18-11)17-12-8(14)5-4-6-9(12)15/h4-7,17H,16H2,1-3H3. The molecule has 2 rings (SSSR count). The fraction of sp³-hybridized carbons (Fsp3) is 0.308. The molecule has 0 radical (unpaired) electrons. The summed E-state index contributed by atoms with van der Waals surface area (Å²) in [6.07, 6.45) is 0. The van der Waals surface area contributed by atoms with Crippen molar-refractivity contribution in [3.63, 3.8) is 0 Å². The predicted octanol–water partition coefficient (Wildman–Crippen LogP) is 3.77. The van der Waals surface area contributed by atoms with Gasteiger partial charge in [0, 0.05) is 11.5 Å². The van der Waals surface area contributed by atoms with Gasteiger partial charge in [-0.25, -0.2) is 4.39 Å². The van der Waals surface area contributed by atoms with Gasteiger partial charge >= 0.3 is 0 Å². The van der Waals surface area contributed by atoms with Crippen LogP contribution in [0.15, 0.2) is 22.7 Å². The Morgan fingerprint density at radius 2 is 2.11 bits per heavy atom. The van der Waals surface area contributed by atoms with Gasteiger partial charge in [-0.3, -0.25) is 4.68 Å². The maximum atomic E-state index is 13.8. The van der Waals surface area contributed by atoms with Crippen LogP contribution in [0.2, 0.25) is 0 Å². The monoisotopic (exact) mass is 326 g/mol. The molecule has 3 N–H and O–H groups in total. The minimum Gasteiger partial charge on any atom is -0.394 e. The van der Waals surface area contributed by atoms with Crippen LogP contribution in [0.4, 0.5) is 21.6 Å². The van der Waals surface area contributed by atoms with Crippen LogP contribution in [0.5, 0.6) is 0 Å². The van der Waals surface area contributed by atoms with E-state index in [0.717, 1.165) is 5.69 Å². The molecule has 19 heavy (non-hydrogen) atoms. The van der Waals surface area contributed by atoms with Gasteiger partial charge in [0.15, 0.2) is 5.82 Å². The first kappa shape index (κ1) is 13.9. The summed E-state index contributed by atoms with van der Waals surface area (Å²) in [4.78, 5) is 0. The van der Waals surface area contributed by atoms with E-state index >= 15 is 0 Å². The minimum atomic E-state index is -0.346. The SMILES string of the molecule is CC(C)c1nn(C)c(Nc2c(F)cccc2Br)c1N. The molecule has 0 unspecified atom stereocenters. The highest BCUT2D eigenvalue weighted by Gasteiger charge is 2.17. The predicted molar refractivity (Wildman–Crippen MR) is 79.1 cm³/mol. The van der Waals surface area contributed by atoms with E-state index in [4.69, 9.17) is 5.73 Å². The van der Waals surface area contributed by atoms with E-state index in [-0.39, 0.29) is 11.7 Å². The topological polar surface area (TPSA) is 55.9 Å². The van der Waals surface area contributed by atoms with Crippen molar-refractivity contribution in [1.29, 1.82) is 0 Å². The molecule has 0 bridgehead atoms. The zero-order valence-corrected chi connectivity index (χ0v) is 12.6. The molecule has 1 aromatic carbocycles. The van der Waals surface area contributed by atoms with Crippen LogP contribution in [0.1, 0.15) is 25.5 Å². The Morgan fingerprint density at radius 3 is 2.63 bits per heavy atom. The quantitative estimate of drug-likeness (QED) is 0.902. The van der Waals surface area contributed by atoms with E-state index in [0.29, 0.717) is 21.7 Å². The van der Waals surface area contributed by atoms with Gasteiger partial charge in [-0.15, -0.1) is 0 Å². The maximum Gasteiger partial charge on any atom is 0.152 e. The Bertz CT molecular complexity index is 587. The van der Waals surface area contributed by atoms with Gasteiger partial charge < -0.3 is 11.1 Å². The molecular weight excluding hydrogens is 311 g/mol. The second kappa shape index (κ2) is 5.21. The lowest BCUT2D eigenvalue weighted by Gasteiger charge is -2.10. The van der Waals surface area contributed by atoms with Crippen molar-refractivity contribution in [2.75, 3.05) is 11.1 Å². The third kappa shape index (κ3) is 2.58. The first-order valence-corrected chi connectivity index (χ1v) is 6.74. The first-order valence-electron chi connectivity index (χ1n) is 5.95. The van der Waals surface area contributed by atoms with Gasteiger partial charge in [-0.1, -0.05) is 19.9 Å². The second-order valence-electron chi connectivity index (χ2n) is 4.65. The van der Waals surface area contributed by atoms with Crippen LogP contribution in [-0.4, -0.2) is 9.78 Å². The summed E-state index contributed by atoms with van der Waals surface area (Å²) in [6.45, 7) is 4.03. The molecule has 102 valence electrons. The average molecular weight is 327 g/mol. The van der Waals surface area contributed by atoms with E-state index in [2.05, 4.69) is 26.3 Å². The van der Waals surface area contributed by atoms with Crippen LogP contribution in [0.3, 0.4) is 0 Å². The number of aromatic nitrogens is 2. The highest BCUT2D eigenvalue weighted by atomic mass is 79.9. The Labute approximate surface area is 119 Å². The number of nitrogen functional groups attached to an aromatic ring is 1. The van der Waals surface area contributed by atoms with E-state index < -0.39 is 0 Å². The molecule has 6 heteroatoms. The Kier molecular flexibility index (Phi) is 3.80. The first-order chi connectivity index (χ1) is 8.91. The van der Waals surface area contributed by atoms with Crippen LogP contribution < -0.4 is 11.1 Å². The van der Waals surface area contributed by atoms with E-state index in [1.807, 2.05) is 13.8 Å². The molecule has 0 aliphatic carbocycles. The average Bonchev–Trinajstić information content (AvgIpc) is 2.61. The fourth-order valence-corrected chi connectivity index (χ4v) is 2.31. The molecule has 1 aromatic heterocycles. The number of nitrogens with one attached hydrogen (secondary N) is 1. The summed E-state index contributed by atoms with van der Waals surface area (Å²) in [7, 11) is 1.78. The van der Waals surface area contributed by atoms with Gasteiger partial charge in [0.05, 0.1) is 17.1 Å². The van der Waals surface area contributed by atoms with Crippen molar-refractivity contribution >= 4 is 33.1 Å². The number of nitrogens with two attached hydrogens (primary N) is 1. The van der Waals surface area contributed by atoms with E-state index in [9.17, 15) is 4.39 Å². The second-order valence-corrected chi connectivity index (χ2v) is 5.50. The number of nitrogens with zero attached hydrogens (tertiary/aromatic N) is 2. The number of rotatable bonds is 3. The summed E-state index contributed by atoms with van der Waals surface area (Å²) in [5, 5.41) is 7.36. The van der Waals surface area contributed by atoms with Gasteiger partial charge in [0.2, 0.25) is 0 Å². The summed E-state index contributed by atoms with van der Waals surface area (Å²) in [5.74, 6) is 0.460. The zero-order chi connectivity index (χ0) is 14.2. The van der Waals surface area contributed by atoms with Crippen molar-refractivity contribution in [2.45, 2.75) is 19.8 Å². The lowest BCUT2D eigenvalue weighted by atomic mass is 10.1. The van der Waals surface area contributed by atoms with Crippen LogP contribution in [0, 0.1) is 5.82 Å². The summed E-state index contributed by atoms with van der Waals surface area (Å²) in [6, 6.07) is 4.79. The number of hydrogen-bond acceptors (Lipinski definition) is 3. The number of halogens is 2. The molecule has 0 saturated carbocycles. The van der Waals surface area contributed by atoms with Crippen molar-refractivity contribution in [2.24, 2.45) is 7.05 Å². The minimum absolute atomic E-state index is 0.214. The summed E-state index contributed by atoms with van der Waals surface area (Å²) in [5.41, 5.74) is 7.78. The highest BCUT2D eigenvalue weighted by Crippen LogP contribution is 2.33. The van der Waals surface area contributed by atoms with Crippen molar-refractivity contribution in [3.8, 4) is 0 Å². The third-order valence-corrected chi connectivity index (χ3v) is 3.53. The van der Waals surface area contributed by atoms with Crippen LogP contribution in [-0.2, 0) is 7.05 Å². The van der Waals surface area contributed by atoms with Gasteiger partial charge in [-0.2, -0.15) is 5.10 Å². The molecule has 0 aliphatic heterocycles. The molecular formula is C13H16BrFN4. The van der Waals surface area contributed by atoms with Gasteiger partial charge in [-0.05, 0) is 34.0 Å². The van der Waals surface area contributed by atoms with Crippen LogP contribution in [0.25, 0.3) is 0 Å². The molecule has 0 atom stereocenters. The van der Waals surface area contributed by atoms with E-state index in [1.165, 1.54) is 6.07 Å².